The Kier molecular flexibility index (Phi) is 2.87. The van der Waals surface area contributed by atoms with Crippen molar-refractivity contribution in [2.24, 2.45) is 0 Å². The van der Waals surface area contributed by atoms with E-state index in [1.165, 1.54) is 0 Å². The number of nitrogens with zero attached hydrogens (tertiary/aromatic N) is 1. The molecule has 4 heteroatoms. The minimum absolute atomic E-state index is 0.507. The van der Waals surface area contributed by atoms with Gasteiger partial charge in [0.25, 0.3) is 0 Å². The smallest absolute Gasteiger partial charge is 0.125 e. The van der Waals surface area contributed by atoms with Crippen molar-refractivity contribution in [3.8, 4) is 0 Å². The minimum atomic E-state index is 0.507. The van der Waals surface area contributed by atoms with Crippen molar-refractivity contribution in [2.75, 3.05) is 11.1 Å². The first kappa shape index (κ1) is 9.98. The molecule has 2 rings (SSSR count). The van der Waals surface area contributed by atoms with Crippen molar-refractivity contribution in [2.45, 2.75) is 0 Å². The summed E-state index contributed by atoms with van der Waals surface area (Å²) in [4.78, 5) is 3.93. The average molecular weight is 264 g/mol. The highest BCUT2D eigenvalue weighted by Gasteiger charge is 1.98. The van der Waals surface area contributed by atoms with Crippen molar-refractivity contribution in [3.05, 3.63) is 47.1 Å². The quantitative estimate of drug-likeness (QED) is 0.875. The number of hydrogen-bond donors (Lipinski definition) is 2. The highest BCUT2D eigenvalue weighted by Crippen LogP contribution is 2.25. The lowest BCUT2D eigenvalue weighted by Crippen LogP contribution is -1.94. The monoisotopic (exact) mass is 263 g/mol. The van der Waals surface area contributed by atoms with Gasteiger partial charge in [-0.05, 0) is 34.1 Å². The second-order valence-corrected chi connectivity index (χ2v) is 3.93. The molecule has 0 atom stereocenters. The fraction of sp³-hybridized carbons (Fsp3) is 0. The number of halogens is 1. The number of nitrogens with one attached hydrogen (secondary N) is 1. The first-order valence-corrected chi connectivity index (χ1v) is 5.28. The Morgan fingerprint density at radius 3 is 2.73 bits per heavy atom. The van der Waals surface area contributed by atoms with Crippen molar-refractivity contribution >= 4 is 33.1 Å². The van der Waals surface area contributed by atoms with Crippen LogP contribution in [0.3, 0.4) is 0 Å². The summed E-state index contributed by atoms with van der Waals surface area (Å²) >= 11 is 3.46. The number of para-hydroxylation sites is 1. The third-order valence-electron chi connectivity index (χ3n) is 1.93. The highest BCUT2D eigenvalue weighted by atomic mass is 79.9. The number of nitrogens with two attached hydrogens (primary N) is 1. The summed E-state index contributed by atoms with van der Waals surface area (Å²) in [6.45, 7) is 0. The number of hydrogen-bond acceptors (Lipinski definition) is 3. The molecule has 0 unspecified atom stereocenters. The van der Waals surface area contributed by atoms with E-state index in [1.807, 2.05) is 30.3 Å². The molecule has 3 nitrogen and oxygen atoms in total. The van der Waals surface area contributed by atoms with E-state index in [9.17, 15) is 0 Å². The first-order chi connectivity index (χ1) is 7.25. The number of pyridine rings is 1. The van der Waals surface area contributed by atoms with Gasteiger partial charge in [0, 0.05) is 22.4 Å². The van der Waals surface area contributed by atoms with Gasteiger partial charge in [0.05, 0.1) is 5.69 Å². The van der Waals surface area contributed by atoms with Gasteiger partial charge in [-0.1, -0.05) is 12.1 Å². The van der Waals surface area contributed by atoms with Crippen LogP contribution in [0, 0.1) is 0 Å². The van der Waals surface area contributed by atoms with Gasteiger partial charge < -0.3 is 11.1 Å². The summed E-state index contributed by atoms with van der Waals surface area (Å²) in [6.07, 6.45) is 1.68. The Hall–Kier alpha value is -1.55. The van der Waals surface area contributed by atoms with E-state index in [1.54, 1.807) is 12.3 Å². The maximum Gasteiger partial charge on any atom is 0.125 e. The number of benzene rings is 1. The third-order valence-corrected chi connectivity index (χ3v) is 2.63. The normalized spacial score (nSPS) is 9.93. The molecule has 0 radical (unpaired) electrons. The summed E-state index contributed by atoms with van der Waals surface area (Å²) in [5.74, 6) is 0.507. The molecule has 0 aliphatic rings. The molecule has 76 valence electrons. The lowest BCUT2D eigenvalue weighted by Gasteiger charge is -2.08. The molecule has 0 aliphatic heterocycles. The standard InChI is InChI=1S/C11H10BrN3/c12-9-3-1-2-4-10(9)15-8-5-6-14-11(13)7-8/h1-7H,(H3,13,14,15). The molecular formula is C11H10BrN3. The van der Waals surface area contributed by atoms with Crippen molar-refractivity contribution in [3.63, 3.8) is 0 Å². The lowest BCUT2D eigenvalue weighted by molar-refractivity contribution is 1.33. The third kappa shape index (κ3) is 2.47. The summed E-state index contributed by atoms with van der Waals surface area (Å²) in [5, 5.41) is 3.25. The van der Waals surface area contributed by atoms with Gasteiger partial charge in [-0.15, -0.1) is 0 Å². The second-order valence-electron chi connectivity index (χ2n) is 3.07. The first-order valence-electron chi connectivity index (χ1n) is 4.49. The van der Waals surface area contributed by atoms with Crippen molar-refractivity contribution in [1.82, 2.24) is 4.98 Å². The molecule has 0 saturated heterocycles. The molecule has 0 amide bonds. The topological polar surface area (TPSA) is 50.9 Å². The fourth-order valence-corrected chi connectivity index (χ4v) is 1.63. The zero-order chi connectivity index (χ0) is 10.7. The van der Waals surface area contributed by atoms with Crippen molar-refractivity contribution in [1.29, 1.82) is 0 Å². The van der Waals surface area contributed by atoms with E-state index in [0.717, 1.165) is 15.8 Å². The number of nitrogen functional groups attached to an aromatic ring is 1. The zero-order valence-corrected chi connectivity index (χ0v) is 9.53. The summed E-state index contributed by atoms with van der Waals surface area (Å²) in [5.41, 5.74) is 7.52. The SMILES string of the molecule is Nc1cc(Nc2ccccc2Br)ccn1. The average Bonchev–Trinajstić information content (AvgIpc) is 2.22. The fourth-order valence-electron chi connectivity index (χ4n) is 1.24. The van der Waals surface area contributed by atoms with Crippen LogP contribution in [0.5, 0.6) is 0 Å². The van der Waals surface area contributed by atoms with E-state index < -0.39 is 0 Å². The van der Waals surface area contributed by atoms with Crippen LogP contribution in [0.1, 0.15) is 0 Å². The van der Waals surface area contributed by atoms with E-state index in [-0.39, 0.29) is 0 Å². The van der Waals surface area contributed by atoms with Crippen LogP contribution >= 0.6 is 15.9 Å². The Bertz CT molecular complexity index is 471. The van der Waals surface area contributed by atoms with Gasteiger partial charge in [-0.2, -0.15) is 0 Å². The summed E-state index contributed by atoms with van der Waals surface area (Å²) in [6, 6.07) is 11.6. The Balaban J connectivity index is 2.26. The maximum atomic E-state index is 5.59. The van der Waals surface area contributed by atoms with Gasteiger partial charge >= 0.3 is 0 Å². The molecule has 0 spiro atoms. The van der Waals surface area contributed by atoms with Crippen molar-refractivity contribution < 1.29 is 0 Å². The molecule has 15 heavy (non-hydrogen) atoms. The van der Waals surface area contributed by atoms with Gasteiger partial charge in [-0.3, -0.25) is 0 Å². The van der Waals surface area contributed by atoms with Gasteiger partial charge in [-0.25, -0.2) is 4.98 Å². The molecule has 1 aromatic carbocycles. The maximum absolute atomic E-state index is 5.59. The van der Waals surface area contributed by atoms with Crippen LogP contribution < -0.4 is 11.1 Å². The summed E-state index contributed by atoms with van der Waals surface area (Å²) in [7, 11) is 0. The largest absolute Gasteiger partial charge is 0.384 e. The van der Waals surface area contributed by atoms with Crippen LogP contribution in [0.25, 0.3) is 0 Å². The van der Waals surface area contributed by atoms with Crippen LogP contribution in [0.4, 0.5) is 17.2 Å². The van der Waals surface area contributed by atoms with Gasteiger partial charge in [0.15, 0.2) is 0 Å². The molecule has 0 saturated carbocycles. The number of aromatic nitrogens is 1. The Labute approximate surface area is 96.5 Å². The number of anilines is 3. The predicted molar refractivity (Wildman–Crippen MR) is 66.1 cm³/mol. The predicted octanol–water partition coefficient (Wildman–Crippen LogP) is 3.17. The van der Waals surface area contributed by atoms with Gasteiger partial charge in [0.1, 0.15) is 5.82 Å². The molecule has 2 aromatic rings. The minimum Gasteiger partial charge on any atom is -0.384 e. The highest BCUT2D eigenvalue weighted by molar-refractivity contribution is 9.10. The molecule has 3 N–H and O–H groups in total. The molecule has 1 heterocycles. The second kappa shape index (κ2) is 4.31. The van der Waals surface area contributed by atoms with E-state index in [4.69, 9.17) is 5.73 Å². The van der Waals surface area contributed by atoms with Gasteiger partial charge in [0.2, 0.25) is 0 Å². The van der Waals surface area contributed by atoms with Crippen LogP contribution in [-0.4, -0.2) is 4.98 Å². The summed E-state index contributed by atoms with van der Waals surface area (Å²) < 4.78 is 1.01. The lowest BCUT2D eigenvalue weighted by atomic mass is 10.3. The Morgan fingerprint density at radius 2 is 2.00 bits per heavy atom. The molecule has 1 aromatic heterocycles. The Morgan fingerprint density at radius 1 is 1.20 bits per heavy atom. The van der Waals surface area contributed by atoms with Crippen LogP contribution in [-0.2, 0) is 0 Å². The molecular weight excluding hydrogens is 254 g/mol. The molecule has 0 aliphatic carbocycles. The molecule has 0 bridgehead atoms. The van der Waals surface area contributed by atoms with E-state index in [0.29, 0.717) is 5.82 Å². The molecule has 0 fully saturated rings. The van der Waals surface area contributed by atoms with Crippen LogP contribution in [0.15, 0.2) is 47.1 Å². The zero-order valence-electron chi connectivity index (χ0n) is 7.94. The van der Waals surface area contributed by atoms with E-state index in [2.05, 4.69) is 26.2 Å². The van der Waals surface area contributed by atoms with Crippen LogP contribution in [0.2, 0.25) is 0 Å². The van der Waals surface area contributed by atoms with E-state index >= 15 is 0 Å². The number of rotatable bonds is 2.